The Morgan fingerprint density at radius 1 is 0.822 bits per heavy atom. The van der Waals surface area contributed by atoms with Gasteiger partial charge in [0.1, 0.15) is 10.7 Å². The number of aliphatic hydroxyl groups excluding tert-OH is 1. The number of piperazine rings is 1. The van der Waals surface area contributed by atoms with E-state index in [0.717, 1.165) is 28.3 Å². The molecule has 2 saturated heterocycles. The van der Waals surface area contributed by atoms with E-state index in [1.165, 1.54) is 36.0 Å². The molecule has 0 unspecified atom stereocenters. The first-order valence-electron chi connectivity index (χ1n) is 23.7. The van der Waals surface area contributed by atoms with Gasteiger partial charge in [-0.05, 0) is 129 Å². The maximum absolute atomic E-state index is 15.6. The van der Waals surface area contributed by atoms with E-state index in [1.54, 1.807) is 49.4 Å². The second kappa shape index (κ2) is 22.4. The van der Waals surface area contributed by atoms with Crippen LogP contribution in [0.5, 0.6) is 0 Å². The van der Waals surface area contributed by atoms with Gasteiger partial charge in [0.15, 0.2) is 0 Å². The topological polar surface area (TPSA) is 165 Å². The molecule has 73 heavy (non-hydrogen) atoms. The standard InChI is InChI=1S/C52H55ClF4N6O7S3/c1-3-63-34(2)48(51(65)66)49(50(63)35-9-11-37(53)12-10-35)36-29-38(54)31-42(30-36)62-27-25-61(26-28-62)41-15-13-39(14-16-41)59-73(69,70)45-17-18-46(47(32-45)72(67,68)52(55,56)57)58-40(33-71-44-7-5-4-6-8-44)19-22-60-23-20-43(64)21-24-60/h4-18,29-32,40,43,58-59,64H,3,19-28,33H2,1-2H3,(H,65,66)/t40-/m1/s1. The summed E-state index contributed by atoms with van der Waals surface area (Å²) in [5.74, 6) is -1.32. The van der Waals surface area contributed by atoms with E-state index in [4.69, 9.17) is 11.6 Å². The Bertz CT molecular complexity index is 3150. The molecule has 1 aromatic heterocycles. The molecule has 0 amide bonds. The lowest BCUT2D eigenvalue weighted by molar-refractivity contribution is -0.0436. The highest BCUT2D eigenvalue weighted by molar-refractivity contribution is 7.99. The number of halogens is 5. The number of anilines is 4. The van der Waals surface area contributed by atoms with Crippen LogP contribution in [0.2, 0.25) is 5.02 Å². The first kappa shape index (κ1) is 53.5. The molecule has 0 spiro atoms. The van der Waals surface area contributed by atoms with Crippen LogP contribution in [0.4, 0.5) is 40.3 Å². The van der Waals surface area contributed by atoms with Gasteiger partial charge in [-0.3, -0.25) is 4.72 Å². The Morgan fingerprint density at radius 2 is 1.47 bits per heavy atom. The molecule has 5 aromatic carbocycles. The average Bonchev–Trinajstić information content (AvgIpc) is 3.67. The number of nitrogens with zero attached hydrogens (tertiary/aromatic N) is 4. The van der Waals surface area contributed by atoms with E-state index in [-0.39, 0.29) is 16.9 Å². The monoisotopic (exact) mass is 1080 g/mol. The van der Waals surface area contributed by atoms with Crippen molar-refractivity contribution in [1.82, 2.24) is 9.47 Å². The van der Waals surface area contributed by atoms with Gasteiger partial charge in [0, 0.05) is 102 Å². The number of nitrogens with one attached hydrogen (secondary N) is 2. The second-order valence-electron chi connectivity index (χ2n) is 18.0. The zero-order valence-electron chi connectivity index (χ0n) is 39.9. The molecule has 1 atom stereocenters. The highest BCUT2D eigenvalue weighted by atomic mass is 35.5. The van der Waals surface area contributed by atoms with E-state index >= 15 is 4.39 Å². The van der Waals surface area contributed by atoms with Crippen molar-refractivity contribution in [2.45, 2.75) is 72.0 Å². The minimum Gasteiger partial charge on any atom is -0.478 e. The minimum absolute atomic E-state index is 0.0735. The first-order valence-corrected chi connectivity index (χ1v) is 28.0. The molecule has 13 nitrogen and oxygen atoms in total. The molecule has 4 N–H and O–H groups in total. The molecule has 21 heteroatoms. The molecule has 0 aliphatic carbocycles. The first-order chi connectivity index (χ1) is 34.7. The molecular formula is C52H55ClF4N6O7S3. The van der Waals surface area contributed by atoms with Gasteiger partial charge in [0.2, 0.25) is 0 Å². The number of aliphatic hydroxyl groups is 1. The van der Waals surface area contributed by atoms with Crippen molar-refractivity contribution in [1.29, 1.82) is 0 Å². The van der Waals surface area contributed by atoms with E-state index in [0.29, 0.717) is 117 Å². The molecule has 6 aromatic rings. The molecule has 0 radical (unpaired) electrons. The fraction of sp³-hybridized carbons (Fsp3) is 0.327. The maximum atomic E-state index is 15.6. The number of benzene rings is 5. The fourth-order valence-electron chi connectivity index (χ4n) is 9.41. The lowest BCUT2D eigenvalue weighted by Gasteiger charge is -2.37. The summed E-state index contributed by atoms with van der Waals surface area (Å²) in [5, 5.41) is 23.9. The fourth-order valence-corrected chi connectivity index (χ4v) is 12.6. The zero-order chi connectivity index (χ0) is 52.2. The summed E-state index contributed by atoms with van der Waals surface area (Å²) < 4.78 is 117. The van der Waals surface area contributed by atoms with Crippen LogP contribution < -0.4 is 19.8 Å². The van der Waals surface area contributed by atoms with Crippen molar-refractivity contribution in [2.24, 2.45) is 0 Å². The van der Waals surface area contributed by atoms with Crippen molar-refractivity contribution < 1.29 is 49.4 Å². The van der Waals surface area contributed by atoms with Gasteiger partial charge in [-0.15, -0.1) is 11.8 Å². The van der Waals surface area contributed by atoms with Crippen LogP contribution in [0, 0.1) is 12.7 Å². The zero-order valence-corrected chi connectivity index (χ0v) is 43.2. The van der Waals surface area contributed by atoms with Crippen LogP contribution in [-0.4, -0.2) is 112 Å². The number of thioether (sulfide) groups is 1. The lowest BCUT2D eigenvalue weighted by Crippen LogP contribution is -2.46. The number of hydrogen-bond donors (Lipinski definition) is 4. The third kappa shape index (κ3) is 12.3. The van der Waals surface area contributed by atoms with Crippen LogP contribution in [0.1, 0.15) is 42.2 Å². The maximum Gasteiger partial charge on any atom is 0.501 e. The third-order valence-electron chi connectivity index (χ3n) is 13.2. The molecule has 8 rings (SSSR count). The number of carboxylic acid groups (broad SMARTS) is 1. The van der Waals surface area contributed by atoms with Gasteiger partial charge in [0.05, 0.1) is 27.9 Å². The highest BCUT2D eigenvalue weighted by Crippen LogP contribution is 2.42. The van der Waals surface area contributed by atoms with Gasteiger partial charge in [-0.1, -0.05) is 41.9 Å². The molecule has 2 fully saturated rings. The van der Waals surface area contributed by atoms with Gasteiger partial charge in [-0.2, -0.15) is 13.2 Å². The van der Waals surface area contributed by atoms with Gasteiger partial charge in [-0.25, -0.2) is 26.0 Å². The Kier molecular flexibility index (Phi) is 16.4. The Balaban J connectivity index is 0.974. The summed E-state index contributed by atoms with van der Waals surface area (Å²) in [7, 11) is -10.7. The molecular weight excluding hydrogens is 1030 g/mol. The van der Waals surface area contributed by atoms with Crippen molar-refractivity contribution in [2.75, 3.05) is 71.4 Å². The summed E-state index contributed by atoms with van der Waals surface area (Å²) in [6.45, 7) is 7.76. The molecule has 0 bridgehead atoms. The normalized spacial score (nSPS) is 15.6. The number of carboxylic acids is 1. The number of sulfone groups is 1. The van der Waals surface area contributed by atoms with Crippen LogP contribution in [0.15, 0.2) is 130 Å². The lowest BCUT2D eigenvalue weighted by atomic mass is 9.96. The summed E-state index contributed by atoms with van der Waals surface area (Å²) in [5.41, 5.74) is -2.00. The highest BCUT2D eigenvalue weighted by Gasteiger charge is 2.48. The van der Waals surface area contributed by atoms with Gasteiger partial charge in [0.25, 0.3) is 19.9 Å². The summed E-state index contributed by atoms with van der Waals surface area (Å²) in [6, 6.07) is 29.3. The Morgan fingerprint density at radius 3 is 2.08 bits per heavy atom. The molecule has 2 aliphatic heterocycles. The third-order valence-corrected chi connectivity index (χ3v) is 17.6. The van der Waals surface area contributed by atoms with Crippen molar-refractivity contribution in [3.63, 3.8) is 0 Å². The number of hydrogen-bond acceptors (Lipinski definition) is 11. The van der Waals surface area contributed by atoms with Crippen molar-refractivity contribution in [3.05, 3.63) is 137 Å². The minimum atomic E-state index is -6.05. The van der Waals surface area contributed by atoms with Crippen LogP contribution in [0.25, 0.3) is 22.4 Å². The number of carbonyl (C=O) groups is 1. The molecule has 2 aliphatic rings. The van der Waals surface area contributed by atoms with E-state index in [2.05, 4.69) is 14.9 Å². The van der Waals surface area contributed by atoms with E-state index in [1.807, 2.05) is 51.6 Å². The van der Waals surface area contributed by atoms with Crippen molar-refractivity contribution >= 4 is 71.9 Å². The van der Waals surface area contributed by atoms with E-state index in [9.17, 15) is 45.0 Å². The number of aromatic nitrogens is 1. The predicted molar refractivity (Wildman–Crippen MR) is 280 cm³/mol. The average molecular weight is 1080 g/mol. The number of aromatic carboxylic acids is 1. The summed E-state index contributed by atoms with van der Waals surface area (Å²) in [6.07, 6.45) is 1.19. The molecule has 3 heterocycles. The van der Waals surface area contributed by atoms with Crippen LogP contribution in [0.3, 0.4) is 0 Å². The Labute approximate surface area is 431 Å². The SMILES string of the molecule is CCn1c(C)c(C(=O)O)c(-c2cc(F)cc(N3CCN(c4ccc(NS(=O)(=O)c5ccc(N[C@H](CCN6CCC(O)CC6)CSc6ccccc6)c(S(=O)(=O)C(F)(F)F)c5)cc4)CC3)c2)c1-c1ccc(Cl)cc1. The largest absolute Gasteiger partial charge is 0.501 e. The number of rotatable bonds is 18. The number of sulfonamides is 1. The number of piperidine rings is 1. The molecule has 0 saturated carbocycles. The van der Waals surface area contributed by atoms with E-state index < -0.39 is 59.1 Å². The molecule has 388 valence electrons. The Hall–Kier alpha value is -5.77. The second-order valence-corrected chi connectivity index (χ2v) is 23.1. The van der Waals surface area contributed by atoms with Crippen LogP contribution >= 0.6 is 23.4 Å². The predicted octanol–water partition coefficient (Wildman–Crippen LogP) is 10.5. The van der Waals surface area contributed by atoms with Gasteiger partial charge >= 0.3 is 11.5 Å². The summed E-state index contributed by atoms with van der Waals surface area (Å²) >= 11 is 7.63. The van der Waals surface area contributed by atoms with Crippen molar-refractivity contribution in [3.8, 4) is 22.4 Å². The van der Waals surface area contributed by atoms with Crippen LogP contribution in [-0.2, 0) is 26.4 Å². The summed E-state index contributed by atoms with van der Waals surface area (Å²) in [4.78, 5) is 17.9. The number of alkyl halides is 3. The van der Waals surface area contributed by atoms with Gasteiger partial charge < -0.3 is 34.8 Å². The number of likely N-dealkylation sites (tertiary alicyclic amines) is 1. The smallest absolute Gasteiger partial charge is 0.478 e. The quantitative estimate of drug-likeness (QED) is 0.0476.